The van der Waals surface area contributed by atoms with Gasteiger partial charge in [-0.1, -0.05) is 17.7 Å². The summed E-state index contributed by atoms with van der Waals surface area (Å²) < 4.78 is 13.5. The third-order valence-corrected chi connectivity index (χ3v) is 4.56. The quantitative estimate of drug-likeness (QED) is 0.855. The van der Waals surface area contributed by atoms with E-state index < -0.39 is 23.9 Å². The molecule has 2 heterocycles. The van der Waals surface area contributed by atoms with Crippen LogP contribution in [-0.2, 0) is 0 Å². The van der Waals surface area contributed by atoms with Gasteiger partial charge in [0.1, 0.15) is 11.5 Å². The van der Waals surface area contributed by atoms with Gasteiger partial charge in [-0.15, -0.1) is 0 Å². The smallest absolute Gasteiger partial charge is 0.272 e. The second-order valence-corrected chi connectivity index (χ2v) is 6.44. The first-order chi connectivity index (χ1) is 12.5. The van der Waals surface area contributed by atoms with Gasteiger partial charge < -0.3 is 15.3 Å². The van der Waals surface area contributed by atoms with Crippen molar-refractivity contribution in [2.75, 3.05) is 13.1 Å². The average Bonchev–Trinajstić information content (AvgIpc) is 2.65. The van der Waals surface area contributed by atoms with Crippen LogP contribution < -0.4 is 5.32 Å². The lowest BCUT2D eigenvalue weighted by atomic mass is 10.0. The number of benzene rings is 1. The lowest BCUT2D eigenvalue weighted by Gasteiger charge is -2.36. The number of hydrogen-bond donors (Lipinski definition) is 2. The number of nitrogens with zero attached hydrogens (tertiary/aromatic N) is 2. The Bertz CT molecular complexity index is 819. The van der Waals surface area contributed by atoms with Crippen LogP contribution in [0.1, 0.15) is 27.3 Å². The van der Waals surface area contributed by atoms with Gasteiger partial charge in [-0.3, -0.25) is 14.6 Å². The van der Waals surface area contributed by atoms with Crippen LogP contribution in [-0.4, -0.2) is 52.0 Å². The van der Waals surface area contributed by atoms with Gasteiger partial charge in [0.15, 0.2) is 0 Å². The molecule has 26 heavy (non-hydrogen) atoms. The Morgan fingerprint density at radius 3 is 2.77 bits per heavy atom. The van der Waals surface area contributed by atoms with Gasteiger partial charge in [0.05, 0.1) is 17.2 Å². The molecule has 0 aliphatic carbocycles. The van der Waals surface area contributed by atoms with Crippen molar-refractivity contribution in [2.45, 2.75) is 18.6 Å². The number of aliphatic hydroxyl groups excluding tert-OH is 1. The number of halogens is 2. The zero-order valence-corrected chi connectivity index (χ0v) is 14.5. The molecule has 2 atom stereocenters. The summed E-state index contributed by atoms with van der Waals surface area (Å²) in [5.41, 5.74) is 0.421. The molecule has 1 aliphatic rings. The van der Waals surface area contributed by atoms with Crippen LogP contribution in [0.4, 0.5) is 4.39 Å². The highest BCUT2D eigenvalue weighted by atomic mass is 35.5. The zero-order valence-electron chi connectivity index (χ0n) is 13.7. The van der Waals surface area contributed by atoms with Crippen LogP contribution in [0.5, 0.6) is 0 Å². The van der Waals surface area contributed by atoms with Crippen LogP contribution >= 0.6 is 11.6 Å². The number of rotatable bonds is 3. The molecular weight excluding hydrogens is 361 g/mol. The average molecular weight is 378 g/mol. The molecule has 1 saturated heterocycles. The van der Waals surface area contributed by atoms with E-state index >= 15 is 0 Å². The number of carbonyl (C=O) groups excluding carboxylic acids is 2. The van der Waals surface area contributed by atoms with E-state index in [0.29, 0.717) is 18.7 Å². The van der Waals surface area contributed by atoms with E-state index in [2.05, 4.69) is 10.3 Å². The van der Waals surface area contributed by atoms with Gasteiger partial charge in [0.25, 0.3) is 11.8 Å². The molecule has 8 heteroatoms. The predicted octanol–water partition coefficient (Wildman–Crippen LogP) is 1.88. The molecule has 1 aromatic heterocycles. The summed E-state index contributed by atoms with van der Waals surface area (Å²) >= 11 is 5.61. The minimum absolute atomic E-state index is 0.0667. The van der Waals surface area contributed by atoms with Gasteiger partial charge in [-0.05, 0) is 36.8 Å². The van der Waals surface area contributed by atoms with Gasteiger partial charge in [-0.2, -0.15) is 0 Å². The summed E-state index contributed by atoms with van der Waals surface area (Å²) in [6, 6.07) is 8.26. The maximum atomic E-state index is 13.5. The second kappa shape index (κ2) is 7.80. The molecule has 2 N–H and O–H groups in total. The molecule has 2 aromatic rings. The first kappa shape index (κ1) is 18.3. The molecule has 0 radical (unpaired) electrons. The minimum Gasteiger partial charge on any atom is -0.389 e. The Morgan fingerprint density at radius 1 is 1.31 bits per heavy atom. The summed E-state index contributed by atoms with van der Waals surface area (Å²) in [5, 5.41) is 12.9. The first-order valence-electron chi connectivity index (χ1n) is 8.10. The molecule has 0 saturated carbocycles. The third kappa shape index (κ3) is 4.00. The Hall–Kier alpha value is -2.51. The summed E-state index contributed by atoms with van der Waals surface area (Å²) in [6.45, 7) is 0.446. The summed E-state index contributed by atoms with van der Waals surface area (Å²) in [5.74, 6) is -1.46. The Labute approximate surface area is 154 Å². The lowest BCUT2D eigenvalue weighted by Crippen LogP contribution is -2.55. The topological polar surface area (TPSA) is 82.5 Å². The molecule has 1 fully saturated rings. The second-order valence-electron chi connectivity index (χ2n) is 6.03. The zero-order chi connectivity index (χ0) is 18.7. The van der Waals surface area contributed by atoms with Crippen molar-refractivity contribution in [3.05, 3.63) is 64.7 Å². The highest BCUT2D eigenvalue weighted by Crippen LogP contribution is 2.17. The van der Waals surface area contributed by atoms with Crippen molar-refractivity contribution >= 4 is 23.4 Å². The van der Waals surface area contributed by atoms with E-state index in [-0.39, 0.29) is 23.0 Å². The molecule has 0 unspecified atom stereocenters. The van der Waals surface area contributed by atoms with Crippen LogP contribution in [0.15, 0.2) is 42.6 Å². The van der Waals surface area contributed by atoms with Crippen LogP contribution in [0.25, 0.3) is 0 Å². The standard InChI is InChI=1S/C18H17ClFN3O3/c19-12-5-4-11(9-13(12)20)17(25)22-14-6-8-23(10-16(14)24)18(26)15-3-1-2-7-21-15/h1-5,7,9,14,16,24H,6,8,10H2,(H,22,25)/t14-,16-/m1/s1. The molecular formula is C18H17ClFN3O3. The lowest BCUT2D eigenvalue weighted by molar-refractivity contribution is 0.0311. The fourth-order valence-electron chi connectivity index (χ4n) is 2.82. The van der Waals surface area contributed by atoms with Gasteiger partial charge in [0.2, 0.25) is 0 Å². The van der Waals surface area contributed by atoms with Gasteiger partial charge in [-0.25, -0.2) is 4.39 Å². The van der Waals surface area contributed by atoms with Crippen LogP contribution in [0, 0.1) is 5.82 Å². The van der Waals surface area contributed by atoms with E-state index in [1.54, 1.807) is 18.2 Å². The number of amides is 2. The summed E-state index contributed by atoms with van der Waals surface area (Å²) in [4.78, 5) is 30.1. The predicted molar refractivity (Wildman–Crippen MR) is 93.4 cm³/mol. The third-order valence-electron chi connectivity index (χ3n) is 4.25. The number of β-amino-alcohol motifs (C(OH)–C–C–N with tert-alkyl or cyclic N) is 1. The number of carbonyl (C=O) groups is 2. The van der Waals surface area contributed by atoms with Crippen LogP contribution in [0.3, 0.4) is 0 Å². The molecule has 3 rings (SSSR count). The number of nitrogens with one attached hydrogen (secondary N) is 1. The van der Waals surface area contributed by atoms with Crippen molar-refractivity contribution in [1.82, 2.24) is 15.2 Å². The fraction of sp³-hybridized carbons (Fsp3) is 0.278. The van der Waals surface area contributed by atoms with Crippen LogP contribution in [0.2, 0.25) is 5.02 Å². The minimum atomic E-state index is -0.933. The van der Waals surface area contributed by atoms with E-state index in [0.717, 1.165) is 6.07 Å². The highest BCUT2D eigenvalue weighted by molar-refractivity contribution is 6.30. The van der Waals surface area contributed by atoms with Crippen molar-refractivity contribution in [3.63, 3.8) is 0 Å². The van der Waals surface area contributed by atoms with E-state index in [9.17, 15) is 19.1 Å². The van der Waals surface area contributed by atoms with Crippen molar-refractivity contribution in [1.29, 1.82) is 0 Å². The Balaban J connectivity index is 1.61. The van der Waals surface area contributed by atoms with E-state index in [4.69, 9.17) is 11.6 Å². The van der Waals surface area contributed by atoms with Crippen molar-refractivity contribution < 1.29 is 19.1 Å². The summed E-state index contributed by atoms with van der Waals surface area (Å²) in [7, 11) is 0. The monoisotopic (exact) mass is 377 g/mol. The van der Waals surface area contributed by atoms with Gasteiger partial charge >= 0.3 is 0 Å². The largest absolute Gasteiger partial charge is 0.389 e. The molecule has 1 aliphatic heterocycles. The highest BCUT2D eigenvalue weighted by Gasteiger charge is 2.32. The maximum Gasteiger partial charge on any atom is 0.272 e. The Morgan fingerprint density at radius 2 is 2.12 bits per heavy atom. The number of pyridine rings is 1. The summed E-state index contributed by atoms with van der Waals surface area (Å²) in [6.07, 6.45) is 0.973. The first-order valence-corrected chi connectivity index (χ1v) is 8.48. The molecule has 0 spiro atoms. The van der Waals surface area contributed by atoms with Crippen molar-refractivity contribution in [3.8, 4) is 0 Å². The number of aliphatic hydroxyl groups is 1. The van der Waals surface area contributed by atoms with E-state index in [1.165, 1.54) is 23.2 Å². The maximum absolute atomic E-state index is 13.5. The number of aromatic nitrogens is 1. The molecule has 6 nitrogen and oxygen atoms in total. The normalized spacial score (nSPS) is 19.9. The number of piperidine rings is 1. The van der Waals surface area contributed by atoms with E-state index in [1.807, 2.05) is 0 Å². The fourth-order valence-corrected chi connectivity index (χ4v) is 2.94. The SMILES string of the molecule is O=C(N[C@@H]1CCN(C(=O)c2ccccn2)C[C@H]1O)c1ccc(Cl)c(F)c1. The van der Waals surface area contributed by atoms with Crippen molar-refractivity contribution in [2.24, 2.45) is 0 Å². The number of hydrogen-bond acceptors (Lipinski definition) is 4. The molecule has 2 amide bonds. The number of likely N-dealkylation sites (tertiary alicyclic amines) is 1. The molecule has 1 aromatic carbocycles. The van der Waals surface area contributed by atoms with Gasteiger partial charge in [0, 0.05) is 24.8 Å². The molecule has 136 valence electrons. The Kier molecular flexibility index (Phi) is 5.49. The molecule has 0 bridgehead atoms.